The highest BCUT2D eigenvalue weighted by atomic mass is 32.2. The van der Waals surface area contributed by atoms with Gasteiger partial charge in [0.15, 0.2) is 9.84 Å². The molecule has 0 aliphatic rings. The van der Waals surface area contributed by atoms with Gasteiger partial charge in [0.2, 0.25) is 0 Å². The number of hydrogen-bond acceptors (Lipinski definition) is 5. The summed E-state index contributed by atoms with van der Waals surface area (Å²) in [6.07, 6.45) is 1.13. The van der Waals surface area contributed by atoms with Gasteiger partial charge in [0.05, 0.1) is 10.6 Å². The van der Waals surface area contributed by atoms with Gasteiger partial charge in [0.1, 0.15) is 4.88 Å². The maximum Gasteiger partial charge on any atom is 0.267 e. The standard InChI is InChI=1S/C13H14N2O3S2/c1-8-3-4-9(20(2,17)18)7-11(8)15-13(16)12-10(14)5-6-19-12/h3-7H,14H2,1-2H3,(H,15,16). The molecule has 1 amide bonds. The molecular weight excluding hydrogens is 296 g/mol. The van der Waals surface area contributed by atoms with Crippen LogP contribution >= 0.6 is 11.3 Å². The van der Waals surface area contributed by atoms with E-state index in [9.17, 15) is 13.2 Å². The lowest BCUT2D eigenvalue weighted by Gasteiger charge is -2.09. The Kier molecular flexibility index (Phi) is 3.82. The van der Waals surface area contributed by atoms with Gasteiger partial charge < -0.3 is 11.1 Å². The quantitative estimate of drug-likeness (QED) is 0.910. The summed E-state index contributed by atoms with van der Waals surface area (Å²) in [5, 5.41) is 4.42. The third-order valence-electron chi connectivity index (χ3n) is 2.79. The molecule has 3 N–H and O–H groups in total. The maximum atomic E-state index is 12.1. The number of rotatable bonds is 3. The van der Waals surface area contributed by atoms with Crippen molar-refractivity contribution in [1.82, 2.24) is 0 Å². The lowest BCUT2D eigenvalue weighted by Crippen LogP contribution is -2.13. The van der Waals surface area contributed by atoms with Gasteiger partial charge in [0.25, 0.3) is 5.91 Å². The van der Waals surface area contributed by atoms with E-state index in [1.807, 2.05) is 0 Å². The second-order valence-corrected chi connectivity index (χ2v) is 7.34. The summed E-state index contributed by atoms with van der Waals surface area (Å²) < 4.78 is 23.1. The Bertz CT molecular complexity index is 764. The number of nitrogens with two attached hydrogens (primary N) is 1. The van der Waals surface area contributed by atoms with Crippen molar-refractivity contribution in [2.24, 2.45) is 0 Å². The number of anilines is 2. The van der Waals surface area contributed by atoms with Gasteiger partial charge in [-0.3, -0.25) is 4.79 Å². The molecule has 1 aromatic carbocycles. The van der Waals surface area contributed by atoms with Crippen molar-refractivity contribution in [3.8, 4) is 0 Å². The summed E-state index contributed by atoms with van der Waals surface area (Å²) in [7, 11) is -3.31. The fourth-order valence-electron chi connectivity index (χ4n) is 1.65. The number of amides is 1. The minimum atomic E-state index is -3.31. The number of nitrogens with one attached hydrogen (secondary N) is 1. The third-order valence-corrected chi connectivity index (χ3v) is 4.83. The average molecular weight is 310 g/mol. The van der Waals surface area contributed by atoms with Crippen molar-refractivity contribution in [2.75, 3.05) is 17.3 Å². The maximum absolute atomic E-state index is 12.1. The molecule has 5 nitrogen and oxygen atoms in total. The number of hydrogen-bond donors (Lipinski definition) is 2. The van der Waals surface area contributed by atoms with Crippen molar-refractivity contribution in [1.29, 1.82) is 0 Å². The Morgan fingerprint density at radius 2 is 2.00 bits per heavy atom. The van der Waals surface area contributed by atoms with Gasteiger partial charge in [0, 0.05) is 11.9 Å². The molecule has 0 fully saturated rings. The lowest BCUT2D eigenvalue weighted by atomic mass is 10.2. The van der Waals surface area contributed by atoms with Gasteiger partial charge in [-0.25, -0.2) is 8.42 Å². The highest BCUT2D eigenvalue weighted by Crippen LogP contribution is 2.24. The van der Waals surface area contributed by atoms with Crippen LogP contribution in [0.3, 0.4) is 0 Å². The molecular formula is C13H14N2O3S2. The zero-order valence-electron chi connectivity index (χ0n) is 11.0. The predicted octanol–water partition coefficient (Wildman–Crippen LogP) is 2.29. The number of carbonyl (C=O) groups is 1. The third kappa shape index (κ3) is 3.00. The first-order valence-corrected chi connectivity index (χ1v) is 8.51. The monoisotopic (exact) mass is 310 g/mol. The Hall–Kier alpha value is -1.86. The predicted molar refractivity (Wildman–Crippen MR) is 81.0 cm³/mol. The Labute approximate surface area is 121 Å². The van der Waals surface area contributed by atoms with E-state index in [1.165, 1.54) is 23.5 Å². The van der Waals surface area contributed by atoms with Crippen LogP contribution in [-0.2, 0) is 9.84 Å². The van der Waals surface area contributed by atoms with Crippen LogP contribution in [0.15, 0.2) is 34.5 Å². The molecule has 0 saturated heterocycles. The first-order valence-electron chi connectivity index (χ1n) is 5.74. The number of aryl methyl sites for hydroxylation is 1. The second kappa shape index (κ2) is 5.26. The first-order chi connectivity index (χ1) is 9.29. The van der Waals surface area contributed by atoms with Crippen LogP contribution in [0.2, 0.25) is 0 Å². The molecule has 0 saturated carbocycles. The molecule has 0 bridgehead atoms. The van der Waals surface area contributed by atoms with E-state index in [2.05, 4.69) is 5.32 Å². The second-order valence-electron chi connectivity index (χ2n) is 4.41. The summed E-state index contributed by atoms with van der Waals surface area (Å²) in [6.45, 7) is 1.79. The van der Waals surface area contributed by atoms with Crippen LogP contribution in [0.4, 0.5) is 11.4 Å². The smallest absolute Gasteiger partial charge is 0.267 e. The topological polar surface area (TPSA) is 89.3 Å². The van der Waals surface area contributed by atoms with Crippen LogP contribution in [-0.4, -0.2) is 20.6 Å². The van der Waals surface area contributed by atoms with Crippen LogP contribution in [0.5, 0.6) is 0 Å². The molecule has 0 aliphatic heterocycles. The molecule has 20 heavy (non-hydrogen) atoms. The van der Waals surface area contributed by atoms with Gasteiger partial charge in [-0.2, -0.15) is 0 Å². The van der Waals surface area contributed by atoms with E-state index >= 15 is 0 Å². The normalized spacial score (nSPS) is 11.3. The largest absolute Gasteiger partial charge is 0.397 e. The summed E-state index contributed by atoms with van der Waals surface area (Å²) in [5.74, 6) is -0.341. The molecule has 7 heteroatoms. The van der Waals surface area contributed by atoms with E-state index < -0.39 is 9.84 Å². The summed E-state index contributed by atoms with van der Waals surface area (Å²) >= 11 is 1.24. The molecule has 2 aromatic rings. The summed E-state index contributed by atoms with van der Waals surface area (Å²) in [5.41, 5.74) is 7.34. The summed E-state index contributed by atoms with van der Waals surface area (Å²) in [6, 6.07) is 6.27. The number of nitrogen functional groups attached to an aromatic ring is 1. The number of sulfone groups is 1. The van der Waals surface area contributed by atoms with Gasteiger partial charge in [-0.05, 0) is 36.1 Å². The van der Waals surface area contributed by atoms with Crippen LogP contribution < -0.4 is 11.1 Å². The molecule has 2 rings (SSSR count). The highest BCUT2D eigenvalue weighted by molar-refractivity contribution is 7.90. The fourth-order valence-corrected chi connectivity index (χ4v) is 3.01. The minimum Gasteiger partial charge on any atom is -0.397 e. The van der Waals surface area contributed by atoms with Crippen LogP contribution in [0.1, 0.15) is 15.2 Å². The molecule has 0 aliphatic carbocycles. The zero-order chi connectivity index (χ0) is 14.9. The van der Waals surface area contributed by atoms with E-state index in [4.69, 9.17) is 5.73 Å². The molecule has 0 radical (unpaired) electrons. The van der Waals surface area contributed by atoms with E-state index in [1.54, 1.807) is 24.4 Å². The van der Waals surface area contributed by atoms with Crippen molar-refractivity contribution in [3.63, 3.8) is 0 Å². The fraction of sp³-hybridized carbons (Fsp3) is 0.154. The van der Waals surface area contributed by atoms with Crippen LogP contribution in [0, 0.1) is 6.92 Å². The van der Waals surface area contributed by atoms with Crippen molar-refractivity contribution < 1.29 is 13.2 Å². The Balaban J connectivity index is 2.34. The van der Waals surface area contributed by atoms with Gasteiger partial charge in [-0.1, -0.05) is 6.07 Å². The molecule has 0 spiro atoms. The number of thiophene rings is 1. The van der Waals surface area contributed by atoms with Crippen molar-refractivity contribution >= 4 is 38.5 Å². The molecule has 1 heterocycles. The lowest BCUT2D eigenvalue weighted by molar-refractivity contribution is 0.103. The molecule has 0 atom stereocenters. The van der Waals surface area contributed by atoms with E-state index in [-0.39, 0.29) is 10.8 Å². The molecule has 106 valence electrons. The number of carbonyl (C=O) groups excluding carboxylic acids is 1. The zero-order valence-corrected chi connectivity index (χ0v) is 12.6. The first kappa shape index (κ1) is 14.5. The van der Waals surface area contributed by atoms with Crippen molar-refractivity contribution in [2.45, 2.75) is 11.8 Å². The van der Waals surface area contributed by atoms with Gasteiger partial charge >= 0.3 is 0 Å². The average Bonchev–Trinajstić information content (AvgIpc) is 2.77. The minimum absolute atomic E-state index is 0.164. The highest BCUT2D eigenvalue weighted by Gasteiger charge is 2.14. The van der Waals surface area contributed by atoms with E-state index in [0.717, 1.165) is 11.8 Å². The van der Waals surface area contributed by atoms with Gasteiger partial charge in [-0.15, -0.1) is 11.3 Å². The molecule has 0 unspecified atom stereocenters. The van der Waals surface area contributed by atoms with Crippen molar-refractivity contribution in [3.05, 3.63) is 40.1 Å². The molecule has 1 aromatic heterocycles. The summed E-state index contributed by atoms with van der Waals surface area (Å²) in [4.78, 5) is 12.7. The SMILES string of the molecule is Cc1ccc(S(C)(=O)=O)cc1NC(=O)c1sccc1N. The Morgan fingerprint density at radius 1 is 1.30 bits per heavy atom. The van der Waals surface area contributed by atoms with E-state index in [0.29, 0.717) is 16.3 Å². The Morgan fingerprint density at radius 3 is 2.55 bits per heavy atom. The van der Waals surface area contributed by atoms with Crippen LogP contribution in [0.25, 0.3) is 0 Å². The number of benzene rings is 1.